The first-order chi connectivity index (χ1) is 9.16. The SMILES string of the molecule is O=C1/C(=C/c2cccnc2)Oc2c1ccc(O)c2O. The lowest BCUT2D eigenvalue weighted by Crippen LogP contribution is -1.97. The molecule has 2 aromatic rings. The molecule has 3 rings (SSSR count). The summed E-state index contributed by atoms with van der Waals surface area (Å²) in [5.74, 6) is -1.02. The molecule has 1 aliphatic heterocycles. The molecule has 0 radical (unpaired) electrons. The number of allylic oxidation sites excluding steroid dienone is 1. The molecule has 19 heavy (non-hydrogen) atoms. The number of ether oxygens (including phenoxy) is 1. The standard InChI is InChI=1S/C14H9NO4/c16-10-4-3-9-12(17)11(19-14(9)13(10)18)6-8-2-1-5-15-7-8/h1-7,16,18H/b11-6-. The number of carbonyl (C=O) groups is 1. The van der Waals surface area contributed by atoms with Crippen molar-refractivity contribution < 1.29 is 19.7 Å². The van der Waals surface area contributed by atoms with Crippen LogP contribution in [0.4, 0.5) is 0 Å². The number of Topliss-reactive ketones (excluding diaryl/α,β-unsaturated/α-hetero) is 1. The minimum atomic E-state index is -0.430. The predicted octanol–water partition coefficient (Wildman–Crippen LogP) is 2.11. The van der Waals surface area contributed by atoms with E-state index in [1.54, 1.807) is 24.5 Å². The molecule has 5 nitrogen and oxygen atoms in total. The number of rotatable bonds is 1. The average molecular weight is 255 g/mol. The van der Waals surface area contributed by atoms with E-state index in [4.69, 9.17) is 4.74 Å². The minimum Gasteiger partial charge on any atom is -0.504 e. The van der Waals surface area contributed by atoms with E-state index in [2.05, 4.69) is 4.98 Å². The monoisotopic (exact) mass is 255 g/mol. The number of benzene rings is 1. The van der Waals surface area contributed by atoms with Gasteiger partial charge in [0.2, 0.25) is 11.5 Å². The number of pyridine rings is 1. The van der Waals surface area contributed by atoms with E-state index in [-0.39, 0.29) is 28.6 Å². The molecule has 0 spiro atoms. The number of aromatic hydroxyl groups is 2. The van der Waals surface area contributed by atoms with Crippen LogP contribution in [0.1, 0.15) is 15.9 Å². The molecule has 0 amide bonds. The quantitative estimate of drug-likeness (QED) is 0.602. The fraction of sp³-hybridized carbons (Fsp3) is 0. The molecular weight excluding hydrogens is 246 g/mol. The van der Waals surface area contributed by atoms with Crippen molar-refractivity contribution in [2.45, 2.75) is 0 Å². The molecular formula is C14H9NO4. The second kappa shape index (κ2) is 4.13. The number of hydrogen-bond donors (Lipinski definition) is 2. The van der Waals surface area contributed by atoms with Crippen molar-refractivity contribution >= 4 is 11.9 Å². The van der Waals surface area contributed by atoms with Gasteiger partial charge < -0.3 is 14.9 Å². The van der Waals surface area contributed by atoms with Gasteiger partial charge in [-0.15, -0.1) is 0 Å². The number of phenols is 2. The Kier molecular flexibility index (Phi) is 2.45. The highest BCUT2D eigenvalue weighted by atomic mass is 16.5. The molecule has 0 fully saturated rings. The maximum Gasteiger partial charge on any atom is 0.232 e. The van der Waals surface area contributed by atoms with Crippen molar-refractivity contribution in [1.82, 2.24) is 4.98 Å². The Hall–Kier alpha value is -2.82. The summed E-state index contributed by atoms with van der Waals surface area (Å²) in [6.07, 6.45) is 4.74. The molecule has 0 saturated heterocycles. The smallest absolute Gasteiger partial charge is 0.232 e. The van der Waals surface area contributed by atoms with E-state index in [1.807, 2.05) is 0 Å². The summed E-state index contributed by atoms with van der Waals surface area (Å²) in [7, 11) is 0. The highest BCUT2D eigenvalue weighted by molar-refractivity contribution is 6.15. The van der Waals surface area contributed by atoms with Gasteiger partial charge in [0, 0.05) is 12.4 Å². The third kappa shape index (κ3) is 1.81. The highest BCUT2D eigenvalue weighted by Crippen LogP contribution is 2.44. The van der Waals surface area contributed by atoms with Crippen LogP contribution in [0.15, 0.2) is 42.4 Å². The maximum absolute atomic E-state index is 12.1. The third-order valence-corrected chi connectivity index (χ3v) is 2.77. The maximum atomic E-state index is 12.1. The van der Waals surface area contributed by atoms with Crippen molar-refractivity contribution in [3.05, 3.63) is 53.5 Å². The lowest BCUT2D eigenvalue weighted by Gasteiger charge is -2.02. The summed E-state index contributed by atoms with van der Waals surface area (Å²) < 4.78 is 5.31. The fourth-order valence-electron chi connectivity index (χ4n) is 1.84. The van der Waals surface area contributed by atoms with Crippen LogP contribution in [0, 0.1) is 0 Å². The van der Waals surface area contributed by atoms with Gasteiger partial charge in [0.1, 0.15) is 0 Å². The van der Waals surface area contributed by atoms with Crippen molar-refractivity contribution in [3.63, 3.8) is 0 Å². The zero-order valence-electron chi connectivity index (χ0n) is 9.70. The van der Waals surface area contributed by atoms with Crippen molar-refractivity contribution in [2.75, 3.05) is 0 Å². The molecule has 94 valence electrons. The summed E-state index contributed by atoms with van der Waals surface area (Å²) in [6, 6.07) is 6.18. The van der Waals surface area contributed by atoms with E-state index in [1.165, 1.54) is 18.2 Å². The van der Waals surface area contributed by atoms with Gasteiger partial charge in [-0.1, -0.05) is 6.07 Å². The zero-order chi connectivity index (χ0) is 13.4. The highest BCUT2D eigenvalue weighted by Gasteiger charge is 2.31. The molecule has 2 N–H and O–H groups in total. The number of ketones is 1. The van der Waals surface area contributed by atoms with Crippen LogP contribution in [0.3, 0.4) is 0 Å². The van der Waals surface area contributed by atoms with Gasteiger partial charge >= 0.3 is 0 Å². The molecule has 0 saturated carbocycles. The lowest BCUT2D eigenvalue weighted by molar-refractivity contribution is 0.101. The molecule has 0 atom stereocenters. The van der Waals surface area contributed by atoms with E-state index in [0.717, 1.165) is 0 Å². The number of carbonyl (C=O) groups excluding carboxylic acids is 1. The summed E-state index contributed by atoms with van der Waals surface area (Å²) in [6.45, 7) is 0. The molecule has 0 unspecified atom stereocenters. The summed E-state index contributed by atoms with van der Waals surface area (Å²) in [5.41, 5.74) is 0.938. The summed E-state index contributed by atoms with van der Waals surface area (Å²) in [4.78, 5) is 16.0. The number of aromatic nitrogens is 1. The second-order valence-electron chi connectivity index (χ2n) is 4.04. The summed E-state index contributed by atoms with van der Waals surface area (Å²) >= 11 is 0. The van der Waals surface area contributed by atoms with Gasteiger partial charge in [-0.25, -0.2) is 0 Å². The fourth-order valence-corrected chi connectivity index (χ4v) is 1.84. The Morgan fingerprint density at radius 2 is 2.05 bits per heavy atom. The summed E-state index contributed by atoms with van der Waals surface area (Å²) in [5, 5.41) is 19.0. The van der Waals surface area contributed by atoms with Gasteiger partial charge in [0.15, 0.2) is 17.3 Å². The zero-order valence-corrected chi connectivity index (χ0v) is 9.70. The minimum absolute atomic E-state index is 0.0138. The molecule has 1 aromatic heterocycles. The number of phenolic OH excluding ortho intramolecular Hbond substituents is 2. The van der Waals surface area contributed by atoms with Crippen molar-refractivity contribution in [2.24, 2.45) is 0 Å². The van der Waals surface area contributed by atoms with Crippen LogP contribution in [0.25, 0.3) is 6.08 Å². The van der Waals surface area contributed by atoms with Gasteiger partial charge in [-0.2, -0.15) is 0 Å². The van der Waals surface area contributed by atoms with Gasteiger partial charge in [0.25, 0.3) is 0 Å². The first-order valence-electron chi connectivity index (χ1n) is 5.56. The number of nitrogens with zero attached hydrogens (tertiary/aromatic N) is 1. The van der Waals surface area contributed by atoms with E-state index in [9.17, 15) is 15.0 Å². The molecule has 2 heterocycles. The molecule has 1 aliphatic rings. The Bertz CT molecular complexity index is 692. The van der Waals surface area contributed by atoms with Gasteiger partial charge in [0.05, 0.1) is 5.56 Å². The van der Waals surface area contributed by atoms with Crippen LogP contribution in [0.5, 0.6) is 17.2 Å². The number of fused-ring (bicyclic) bond motifs is 1. The Labute approximate surface area is 108 Å². The van der Waals surface area contributed by atoms with Crippen LogP contribution in [0.2, 0.25) is 0 Å². The van der Waals surface area contributed by atoms with Gasteiger partial charge in [-0.05, 0) is 29.8 Å². The lowest BCUT2D eigenvalue weighted by atomic mass is 10.1. The van der Waals surface area contributed by atoms with Crippen LogP contribution < -0.4 is 4.74 Å². The molecule has 5 heteroatoms. The predicted molar refractivity (Wildman–Crippen MR) is 66.9 cm³/mol. The van der Waals surface area contributed by atoms with E-state index >= 15 is 0 Å². The van der Waals surface area contributed by atoms with Crippen molar-refractivity contribution in [3.8, 4) is 17.2 Å². The van der Waals surface area contributed by atoms with Gasteiger partial charge in [-0.3, -0.25) is 9.78 Å². The van der Waals surface area contributed by atoms with Crippen LogP contribution >= 0.6 is 0 Å². The van der Waals surface area contributed by atoms with Crippen molar-refractivity contribution in [1.29, 1.82) is 0 Å². The number of hydrogen-bond acceptors (Lipinski definition) is 5. The Balaban J connectivity index is 2.05. The first-order valence-corrected chi connectivity index (χ1v) is 5.56. The topological polar surface area (TPSA) is 79.7 Å². The molecule has 0 bridgehead atoms. The first kappa shape index (κ1) is 11.3. The average Bonchev–Trinajstić information content (AvgIpc) is 2.73. The van der Waals surface area contributed by atoms with E-state index < -0.39 is 5.75 Å². The normalized spacial score (nSPS) is 15.4. The van der Waals surface area contributed by atoms with Crippen LogP contribution in [-0.4, -0.2) is 21.0 Å². The second-order valence-corrected chi connectivity index (χ2v) is 4.04. The third-order valence-electron chi connectivity index (χ3n) is 2.77. The van der Waals surface area contributed by atoms with Crippen LogP contribution in [-0.2, 0) is 0 Å². The largest absolute Gasteiger partial charge is 0.504 e. The molecule has 1 aromatic carbocycles. The molecule has 0 aliphatic carbocycles. The Morgan fingerprint density at radius 3 is 2.79 bits per heavy atom. The Morgan fingerprint density at radius 1 is 1.21 bits per heavy atom. The van der Waals surface area contributed by atoms with E-state index in [0.29, 0.717) is 5.56 Å².